The summed E-state index contributed by atoms with van der Waals surface area (Å²) >= 11 is 0. The highest BCUT2D eigenvalue weighted by Gasteiger charge is 2.53. The van der Waals surface area contributed by atoms with Crippen LogP contribution in [0.4, 0.5) is 17.1 Å². The first-order chi connectivity index (χ1) is 31.8. The molecule has 4 bridgehead atoms. The van der Waals surface area contributed by atoms with E-state index in [1.807, 2.05) is 0 Å². The van der Waals surface area contributed by atoms with Crippen LogP contribution in [0.1, 0.15) is 205 Å². The van der Waals surface area contributed by atoms with Gasteiger partial charge in [-0.2, -0.15) is 0 Å². The molecule has 3 aromatic rings. The van der Waals surface area contributed by atoms with Gasteiger partial charge < -0.3 is 14.6 Å². The second-order valence-corrected chi connectivity index (χ2v) is 27.5. The number of fused-ring (bicyclic) bond motifs is 5. The smallest absolute Gasteiger partial charge is 0.287 e. The van der Waals surface area contributed by atoms with Crippen molar-refractivity contribution in [2.45, 2.75) is 204 Å². The summed E-state index contributed by atoms with van der Waals surface area (Å²) in [7, 11) is 0. The molecule has 364 valence electrons. The van der Waals surface area contributed by atoms with Crippen LogP contribution in [-0.4, -0.2) is 6.71 Å². The standard InChI is InChI=1S/C64H89BN2O/c1-17-19-47(41(3)4)49(59(6,7)8)22-30-67-54-35-46(64-38-43-31-44(39-64)33-45(32-43)40-64)34-53(66-52-21-24-61(11,12)26-25-60(9,10)23-20-42(52)5)56(54)65(29-18-2)58-57(67)48-36-50-51(37-55(48)68-58)63(15,16)28-27-62(50,13)14/h17-22,29-30,34-37,41,43-45,66H,23-28,31-33,38-40H2,1-16H3/b19-17+,29-18+,30-22+,42-20-,49-47-,52-21+. The molecular weight excluding hydrogens is 824 g/mol. The van der Waals surface area contributed by atoms with E-state index < -0.39 is 0 Å². The number of nitrogens with zero attached hydrogens (tertiary/aromatic N) is 1. The third kappa shape index (κ3) is 9.04. The van der Waals surface area contributed by atoms with Crippen LogP contribution in [0, 0.1) is 39.9 Å². The van der Waals surface area contributed by atoms with Gasteiger partial charge in [-0.05, 0) is 223 Å². The normalized spacial score (nSPS) is 29.2. The average molecular weight is 913 g/mol. The van der Waals surface area contributed by atoms with E-state index >= 15 is 0 Å². The van der Waals surface area contributed by atoms with E-state index in [1.54, 1.807) is 5.56 Å². The Morgan fingerprint density at radius 2 is 1.35 bits per heavy atom. The Bertz CT molecular complexity index is 2600. The fourth-order valence-corrected chi connectivity index (χ4v) is 14.4. The van der Waals surface area contributed by atoms with Crippen molar-refractivity contribution in [3.63, 3.8) is 0 Å². The fourth-order valence-electron chi connectivity index (χ4n) is 14.4. The van der Waals surface area contributed by atoms with Gasteiger partial charge in [-0.25, -0.2) is 0 Å². The van der Waals surface area contributed by atoms with Gasteiger partial charge in [0.1, 0.15) is 5.58 Å². The van der Waals surface area contributed by atoms with Crippen molar-refractivity contribution in [3.05, 3.63) is 112 Å². The number of allylic oxidation sites excluding steroid dienone is 9. The Hall–Kier alpha value is -3.92. The van der Waals surface area contributed by atoms with Gasteiger partial charge in [-0.3, -0.25) is 0 Å². The molecule has 0 spiro atoms. The minimum atomic E-state index is -0.0697. The third-order valence-corrected chi connectivity index (χ3v) is 18.4. The second-order valence-electron chi connectivity index (χ2n) is 27.5. The first-order valence-electron chi connectivity index (χ1n) is 27.3. The van der Waals surface area contributed by atoms with Gasteiger partial charge in [0.2, 0.25) is 0 Å². The summed E-state index contributed by atoms with van der Waals surface area (Å²) in [5, 5.41) is 5.58. The van der Waals surface area contributed by atoms with Crippen molar-refractivity contribution in [3.8, 4) is 0 Å². The molecular formula is C64H89BN2O. The van der Waals surface area contributed by atoms with Crippen molar-refractivity contribution in [2.75, 3.05) is 10.2 Å². The molecule has 6 aliphatic carbocycles. The van der Waals surface area contributed by atoms with Crippen LogP contribution in [0.2, 0.25) is 0 Å². The SMILES string of the molecule is C/C=C/B1c2oc3cc4c(cc3c2N(/C=C/C(=C(\C=C\C)C(C)C)C(C)(C)C)c2cc(C35CC6CC(CC(C6)C3)C5)cc(NC3=C/CC(C)(C)CCC(C)(C)C/C=C\3C)c21)C(C)(C)CCC4(C)C. The molecule has 2 aromatic carbocycles. The molecule has 0 amide bonds. The highest BCUT2D eigenvalue weighted by Crippen LogP contribution is 2.61. The molecule has 7 aliphatic rings. The molecule has 4 fully saturated rings. The predicted molar refractivity (Wildman–Crippen MR) is 297 cm³/mol. The lowest BCUT2D eigenvalue weighted by atomic mass is 9.40. The number of anilines is 3. The van der Waals surface area contributed by atoms with Crippen LogP contribution in [0.25, 0.3) is 11.0 Å². The topological polar surface area (TPSA) is 28.4 Å². The van der Waals surface area contributed by atoms with E-state index in [-0.39, 0.29) is 39.2 Å². The molecule has 1 aromatic heterocycles. The van der Waals surface area contributed by atoms with Gasteiger partial charge in [0.25, 0.3) is 6.71 Å². The molecule has 0 saturated heterocycles. The maximum Gasteiger partial charge on any atom is 0.287 e. The summed E-state index contributed by atoms with van der Waals surface area (Å²) in [6.07, 6.45) is 32.1. The van der Waals surface area contributed by atoms with E-state index in [4.69, 9.17) is 4.42 Å². The minimum Gasteiger partial charge on any atom is -0.468 e. The van der Waals surface area contributed by atoms with Crippen molar-refractivity contribution < 1.29 is 4.42 Å². The Morgan fingerprint density at radius 3 is 1.91 bits per heavy atom. The van der Waals surface area contributed by atoms with Crippen molar-refractivity contribution in [1.82, 2.24) is 0 Å². The summed E-state index contributed by atoms with van der Waals surface area (Å²) in [6.45, 7) is 38.2. The summed E-state index contributed by atoms with van der Waals surface area (Å²) in [4.78, 5) is 2.62. The lowest BCUT2D eigenvalue weighted by Gasteiger charge is -2.57. The number of furan rings is 1. The summed E-state index contributed by atoms with van der Waals surface area (Å²) in [5.74, 6) is 5.36. The summed E-state index contributed by atoms with van der Waals surface area (Å²) < 4.78 is 7.48. The molecule has 1 N–H and O–H groups in total. The van der Waals surface area contributed by atoms with E-state index in [9.17, 15) is 0 Å². The first kappa shape index (κ1) is 49.1. The summed E-state index contributed by atoms with van der Waals surface area (Å²) in [6, 6.07) is 10.4. The van der Waals surface area contributed by atoms with Crippen molar-refractivity contribution in [1.29, 1.82) is 0 Å². The highest BCUT2D eigenvalue weighted by molar-refractivity contribution is 6.92. The van der Waals surface area contributed by atoms with Crippen LogP contribution in [0.3, 0.4) is 0 Å². The molecule has 0 unspecified atom stereocenters. The number of rotatable bonds is 8. The number of hydrogen-bond acceptors (Lipinski definition) is 3. The van der Waals surface area contributed by atoms with Crippen LogP contribution in [0.15, 0.2) is 99.7 Å². The lowest BCUT2D eigenvalue weighted by Crippen LogP contribution is -2.51. The Kier molecular flexibility index (Phi) is 12.6. The Morgan fingerprint density at radius 1 is 0.765 bits per heavy atom. The third-order valence-electron chi connectivity index (χ3n) is 18.4. The highest BCUT2D eigenvalue weighted by atomic mass is 16.3. The van der Waals surface area contributed by atoms with Crippen LogP contribution < -0.4 is 21.3 Å². The van der Waals surface area contributed by atoms with Gasteiger partial charge in [-0.1, -0.05) is 120 Å². The molecule has 4 heteroatoms. The van der Waals surface area contributed by atoms with Crippen LogP contribution in [0.5, 0.6) is 0 Å². The van der Waals surface area contributed by atoms with Crippen molar-refractivity contribution >= 4 is 45.9 Å². The molecule has 0 radical (unpaired) electrons. The average Bonchev–Trinajstić information content (AvgIpc) is 3.62. The van der Waals surface area contributed by atoms with Crippen molar-refractivity contribution in [2.24, 2.45) is 39.9 Å². The summed E-state index contributed by atoms with van der Waals surface area (Å²) in [5.41, 5.74) is 17.8. The molecule has 1 aliphatic heterocycles. The molecule has 0 atom stereocenters. The molecule has 68 heavy (non-hydrogen) atoms. The monoisotopic (exact) mass is 913 g/mol. The van der Waals surface area contributed by atoms with E-state index in [2.05, 4.69) is 194 Å². The predicted octanol–water partition coefficient (Wildman–Crippen LogP) is 17.4. The molecule has 4 saturated carbocycles. The van der Waals surface area contributed by atoms with Gasteiger partial charge in [0.05, 0.1) is 11.3 Å². The number of hydrogen-bond donors (Lipinski definition) is 1. The van der Waals surface area contributed by atoms with E-state index in [0.29, 0.717) is 5.92 Å². The van der Waals surface area contributed by atoms with Gasteiger partial charge in [-0.15, -0.1) is 5.98 Å². The molecule has 2 heterocycles. The fraction of sp³-hybridized carbons (Fsp3) is 0.594. The molecule has 3 nitrogen and oxygen atoms in total. The van der Waals surface area contributed by atoms with Crippen LogP contribution >= 0.6 is 0 Å². The molecule has 10 rings (SSSR count). The number of benzene rings is 2. The Labute approximate surface area is 414 Å². The van der Waals surface area contributed by atoms with Gasteiger partial charge in [0.15, 0.2) is 0 Å². The maximum atomic E-state index is 7.48. The first-order valence-corrected chi connectivity index (χ1v) is 27.3. The van der Waals surface area contributed by atoms with Gasteiger partial charge in [0, 0.05) is 28.7 Å². The zero-order valence-corrected chi connectivity index (χ0v) is 45.7. The number of nitrogens with one attached hydrogen (secondary N) is 1. The quantitative estimate of drug-likeness (QED) is 0.180. The Balaban J connectivity index is 1.36. The van der Waals surface area contributed by atoms with Crippen LogP contribution in [-0.2, 0) is 16.2 Å². The van der Waals surface area contributed by atoms with E-state index in [1.165, 1.54) is 126 Å². The second kappa shape index (κ2) is 17.4. The lowest BCUT2D eigenvalue weighted by molar-refractivity contribution is -0.00514. The maximum absolute atomic E-state index is 7.48. The zero-order valence-electron chi connectivity index (χ0n) is 45.7. The zero-order chi connectivity index (χ0) is 48.9. The largest absolute Gasteiger partial charge is 0.468 e. The van der Waals surface area contributed by atoms with Gasteiger partial charge >= 0.3 is 0 Å². The van der Waals surface area contributed by atoms with E-state index in [0.717, 1.165) is 41.8 Å². The minimum absolute atomic E-state index is 0.0695.